The molecule has 0 unspecified atom stereocenters. The highest BCUT2D eigenvalue weighted by Crippen LogP contribution is 2.46. The van der Waals surface area contributed by atoms with Crippen molar-refractivity contribution >= 4 is 17.7 Å². The molecule has 1 atom stereocenters. The van der Waals surface area contributed by atoms with Gasteiger partial charge < -0.3 is 9.64 Å². The first-order valence-electron chi connectivity index (χ1n) is 8.93. The summed E-state index contributed by atoms with van der Waals surface area (Å²) in [5, 5.41) is 0. The van der Waals surface area contributed by atoms with Crippen molar-refractivity contribution < 1.29 is 9.53 Å². The van der Waals surface area contributed by atoms with Crippen molar-refractivity contribution in [1.82, 2.24) is 14.9 Å². The zero-order valence-corrected chi connectivity index (χ0v) is 16.0. The Hall–Kier alpha value is -1.92. The number of aryl methyl sites for hydroxylation is 2. The van der Waals surface area contributed by atoms with E-state index in [1.807, 2.05) is 60.8 Å². The minimum atomic E-state index is 0.0806. The molecule has 6 heteroatoms. The fraction of sp³-hybridized carbons (Fsp3) is 0.450. The Morgan fingerprint density at radius 1 is 1.27 bits per heavy atom. The lowest BCUT2D eigenvalue weighted by Crippen LogP contribution is -2.60. The lowest BCUT2D eigenvalue weighted by molar-refractivity contribution is 0.0244. The highest BCUT2D eigenvalue weighted by atomic mass is 32.2. The van der Waals surface area contributed by atoms with Gasteiger partial charge in [0.15, 0.2) is 0 Å². The van der Waals surface area contributed by atoms with Gasteiger partial charge in [-0.25, -0.2) is 0 Å². The number of aromatic nitrogens is 2. The molecule has 0 saturated carbocycles. The number of pyridine rings is 2. The molecule has 2 aromatic rings. The molecule has 0 radical (unpaired) electrons. The second-order valence-corrected chi connectivity index (χ2v) is 8.74. The minimum Gasteiger partial charge on any atom is -0.371 e. The first-order valence-corrected chi connectivity index (χ1v) is 9.92. The minimum absolute atomic E-state index is 0.0806. The summed E-state index contributed by atoms with van der Waals surface area (Å²) in [6, 6.07) is 9.76. The van der Waals surface area contributed by atoms with Crippen molar-refractivity contribution in [2.75, 3.05) is 18.8 Å². The van der Waals surface area contributed by atoms with E-state index in [0.29, 0.717) is 12.2 Å². The van der Waals surface area contributed by atoms with Crippen molar-refractivity contribution in [1.29, 1.82) is 0 Å². The molecule has 4 heterocycles. The highest BCUT2D eigenvalue weighted by Gasteiger charge is 2.51. The molecule has 0 bridgehead atoms. The van der Waals surface area contributed by atoms with Crippen LogP contribution in [0.4, 0.5) is 0 Å². The van der Waals surface area contributed by atoms with Crippen LogP contribution in [-0.4, -0.2) is 50.5 Å². The SMILES string of the molecule is Cc1ccc(C(=O)N2CC3(C[C@@H](OCc4cccc(C)n4)CS3)C2)cn1. The van der Waals surface area contributed by atoms with Crippen LogP contribution in [0.15, 0.2) is 36.5 Å². The average Bonchev–Trinajstić information content (AvgIpc) is 3.04. The molecule has 5 nitrogen and oxygen atoms in total. The molecule has 136 valence electrons. The summed E-state index contributed by atoms with van der Waals surface area (Å²) in [4.78, 5) is 23.2. The van der Waals surface area contributed by atoms with Crippen molar-refractivity contribution in [3.63, 3.8) is 0 Å². The van der Waals surface area contributed by atoms with E-state index in [9.17, 15) is 4.79 Å². The first-order chi connectivity index (χ1) is 12.5. The molecular formula is C20H23N3O2S. The standard InChI is InChI=1S/C20H23N3O2S/c1-14-6-7-16(9-21-14)19(24)23-12-20(13-23)8-18(11-26-20)25-10-17-5-3-4-15(2)22-17/h3-7,9,18H,8,10-13H2,1-2H3/t18-/m1/s1. The van der Waals surface area contributed by atoms with Crippen LogP contribution in [0.3, 0.4) is 0 Å². The molecular weight excluding hydrogens is 346 g/mol. The van der Waals surface area contributed by atoms with Gasteiger partial charge in [0.05, 0.1) is 28.7 Å². The summed E-state index contributed by atoms with van der Waals surface area (Å²) in [5.74, 6) is 1.07. The third kappa shape index (κ3) is 3.62. The molecule has 26 heavy (non-hydrogen) atoms. The van der Waals surface area contributed by atoms with Crippen LogP contribution in [0.5, 0.6) is 0 Å². The molecule has 4 rings (SSSR count). The van der Waals surface area contributed by atoms with Crippen LogP contribution in [0.2, 0.25) is 0 Å². The smallest absolute Gasteiger partial charge is 0.255 e. The maximum absolute atomic E-state index is 12.5. The summed E-state index contributed by atoms with van der Waals surface area (Å²) < 4.78 is 6.24. The Labute approximate surface area is 158 Å². The number of rotatable bonds is 4. The second kappa shape index (κ2) is 7.00. The number of hydrogen-bond donors (Lipinski definition) is 0. The Morgan fingerprint density at radius 2 is 2.12 bits per heavy atom. The first kappa shape index (κ1) is 17.5. The van der Waals surface area contributed by atoms with Gasteiger partial charge in [-0.1, -0.05) is 6.07 Å². The summed E-state index contributed by atoms with van der Waals surface area (Å²) in [6.45, 7) is 6.07. The van der Waals surface area contributed by atoms with Crippen LogP contribution in [0, 0.1) is 13.8 Å². The van der Waals surface area contributed by atoms with E-state index in [1.54, 1.807) is 6.20 Å². The lowest BCUT2D eigenvalue weighted by atomic mass is 9.92. The maximum Gasteiger partial charge on any atom is 0.255 e. The number of ether oxygens (including phenoxy) is 1. The number of hydrogen-bond acceptors (Lipinski definition) is 5. The Balaban J connectivity index is 1.28. The number of carbonyl (C=O) groups excluding carboxylic acids is 1. The van der Waals surface area contributed by atoms with E-state index < -0.39 is 0 Å². The number of amides is 1. The lowest BCUT2D eigenvalue weighted by Gasteiger charge is -2.47. The van der Waals surface area contributed by atoms with Gasteiger partial charge in [0.2, 0.25) is 0 Å². The van der Waals surface area contributed by atoms with Gasteiger partial charge in [-0.3, -0.25) is 14.8 Å². The monoisotopic (exact) mass is 369 g/mol. The average molecular weight is 369 g/mol. The highest BCUT2D eigenvalue weighted by molar-refractivity contribution is 8.01. The second-order valence-electron chi connectivity index (χ2n) is 7.25. The number of thioether (sulfide) groups is 1. The predicted molar refractivity (Wildman–Crippen MR) is 102 cm³/mol. The van der Waals surface area contributed by atoms with Gasteiger partial charge >= 0.3 is 0 Å². The number of likely N-dealkylation sites (tertiary alicyclic amines) is 1. The number of nitrogens with zero attached hydrogens (tertiary/aromatic N) is 3. The molecule has 1 amide bonds. The summed E-state index contributed by atoms with van der Waals surface area (Å²) >= 11 is 1.94. The van der Waals surface area contributed by atoms with E-state index in [2.05, 4.69) is 9.97 Å². The van der Waals surface area contributed by atoms with E-state index in [1.165, 1.54) is 0 Å². The van der Waals surface area contributed by atoms with E-state index >= 15 is 0 Å². The fourth-order valence-corrected chi connectivity index (χ4v) is 5.13. The van der Waals surface area contributed by atoms with Gasteiger partial charge in [-0.05, 0) is 44.5 Å². The van der Waals surface area contributed by atoms with Crippen LogP contribution in [0.1, 0.15) is 33.9 Å². The zero-order valence-electron chi connectivity index (χ0n) is 15.1. The molecule has 0 N–H and O–H groups in total. The van der Waals surface area contributed by atoms with Crippen molar-refractivity contribution in [2.24, 2.45) is 0 Å². The van der Waals surface area contributed by atoms with E-state index in [0.717, 1.165) is 42.3 Å². The number of carbonyl (C=O) groups is 1. The van der Waals surface area contributed by atoms with E-state index in [-0.39, 0.29) is 16.8 Å². The van der Waals surface area contributed by atoms with Gasteiger partial charge in [0.25, 0.3) is 5.91 Å². The van der Waals surface area contributed by atoms with Crippen molar-refractivity contribution in [3.8, 4) is 0 Å². The van der Waals surface area contributed by atoms with Crippen LogP contribution < -0.4 is 0 Å². The third-order valence-electron chi connectivity index (χ3n) is 4.99. The summed E-state index contributed by atoms with van der Waals surface area (Å²) in [6.07, 6.45) is 2.91. The summed E-state index contributed by atoms with van der Waals surface area (Å²) in [7, 11) is 0. The normalized spacial score (nSPS) is 21.0. The summed E-state index contributed by atoms with van der Waals surface area (Å²) in [5.41, 5.74) is 3.60. The zero-order chi connectivity index (χ0) is 18.1. The largest absolute Gasteiger partial charge is 0.371 e. The quantitative estimate of drug-likeness (QED) is 0.829. The topological polar surface area (TPSA) is 55.3 Å². The molecule has 2 aromatic heterocycles. The van der Waals surface area contributed by atoms with Crippen LogP contribution in [0.25, 0.3) is 0 Å². The molecule has 0 aliphatic carbocycles. The van der Waals surface area contributed by atoms with E-state index in [4.69, 9.17) is 4.74 Å². The molecule has 2 aliphatic heterocycles. The maximum atomic E-state index is 12.5. The molecule has 0 aromatic carbocycles. The van der Waals surface area contributed by atoms with Crippen LogP contribution >= 0.6 is 11.8 Å². The van der Waals surface area contributed by atoms with Crippen molar-refractivity contribution in [3.05, 3.63) is 59.2 Å². The Kier molecular flexibility index (Phi) is 4.71. The molecule has 2 aliphatic rings. The van der Waals surface area contributed by atoms with Crippen LogP contribution in [-0.2, 0) is 11.3 Å². The molecule has 2 saturated heterocycles. The van der Waals surface area contributed by atoms with Gasteiger partial charge in [-0.2, -0.15) is 0 Å². The van der Waals surface area contributed by atoms with Gasteiger partial charge in [0, 0.05) is 36.4 Å². The molecule has 2 fully saturated rings. The van der Waals surface area contributed by atoms with Gasteiger partial charge in [-0.15, -0.1) is 11.8 Å². The third-order valence-corrected chi connectivity index (χ3v) is 6.57. The Morgan fingerprint density at radius 3 is 2.85 bits per heavy atom. The van der Waals surface area contributed by atoms with Crippen molar-refractivity contribution in [2.45, 2.75) is 37.7 Å². The predicted octanol–water partition coefficient (Wildman–Crippen LogP) is 3.01. The Bertz CT molecular complexity index is 803. The van der Waals surface area contributed by atoms with Gasteiger partial charge in [0.1, 0.15) is 0 Å². The molecule has 1 spiro atoms. The fourth-order valence-electron chi connectivity index (χ4n) is 3.58.